The number of benzene rings is 1. The number of nitrogens with two attached hydrogens (primary N) is 1. The lowest BCUT2D eigenvalue weighted by atomic mass is 10.1. The van der Waals surface area contributed by atoms with Gasteiger partial charge in [0.1, 0.15) is 0 Å². The number of nitrogen functional groups attached to an aromatic ring is 1. The second-order valence-electron chi connectivity index (χ2n) is 4.22. The number of halogens is 2. The van der Waals surface area contributed by atoms with Gasteiger partial charge in [0.15, 0.2) is 0 Å². The van der Waals surface area contributed by atoms with Crippen LogP contribution in [0.5, 0.6) is 0 Å². The monoisotopic (exact) mass is 309 g/mol. The van der Waals surface area contributed by atoms with E-state index in [4.69, 9.17) is 28.9 Å². The molecule has 20 heavy (non-hydrogen) atoms. The van der Waals surface area contributed by atoms with Crippen LogP contribution in [0.25, 0.3) is 0 Å². The lowest BCUT2D eigenvalue weighted by molar-refractivity contribution is 0.0954. The predicted molar refractivity (Wildman–Crippen MR) is 81.1 cm³/mol. The first kappa shape index (κ1) is 14.6. The maximum atomic E-state index is 12.0. The van der Waals surface area contributed by atoms with E-state index < -0.39 is 0 Å². The standard InChI is InChI=1S/C14H13Cl2N3O/c15-11-6-10(7-12(16)13(11)17)14(20)19-5-3-9-2-1-4-18-8-9/h1-2,4,6-8H,3,5,17H2,(H,19,20). The zero-order chi connectivity index (χ0) is 14.5. The highest BCUT2D eigenvalue weighted by Gasteiger charge is 2.10. The molecule has 0 spiro atoms. The molecule has 4 nitrogen and oxygen atoms in total. The Hall–Kier alpha value is -1.78. The van der Waals surface area contributed by atoms with Crippen molar-refractivity contribution in [2.45, 2.75) is 6.42 Å². The fourth-order valence-corrected chi connectivity index (χ4v) is 2.17. The maximum Gasteiger partial charge on any atom is 0.251 e. The Labute approximate surface area is 126 Å². The van der Waals surface area contributed by atoms with E-state index in [9.17, 15) is 4.79 Å². The van der Waals surface area contributed by atoms with Gasteiger partial charge in [-0.05, 0) is 30.2 Å². The molecule has 1 aromatic carbocycles. The van der Waals surface area contributed by atoms with Crippen molar-refractivity contribution in [1.29, 1.82) is 0 Å². The van der Waals surface area contributed by atoms with E-state index in [-0.39, 0.29) is 21.6 Å². The Kier molecular flexibility index (Phi) is 4.82. The Balaban J connectivity index is 1.95. The molecule has 0 bridgehead atoms. The highest BCUT2D eigenvalue weighted by atomic mass is 35.5. The number of pyridine rings is 1. The van der Waals surface area contributed by atoms with Crippen LogP contribution in [0.15, 0.2) is 36.7 Å². The van der Waals surface area contributed by atoms with Crippen LogP contribution in [-0.2, 0) is 6.42 Å². The Morgan fingerprint density at radius 3 is 2.60 bits per heavy atom. The van der Waals surface area contributed by atoms with Gasteiger partial charge in [0.25, 0.3) is 5.91 Å². The summed E-state index contributed by atoms with van der Waals surface area (Å²) < 4.78 is 0. The number of hydrogen-bond donors (Lipinski definition) is 2. The van der Waals surface area contributed by atoms with Gasteiger partial charge in [-0.25, -0.2) is 0 Å². The third-order valence-corrected chi connectivity index (χ3v) is 3.39. The third kappa shape index (κ3) is 3.62. The second kappa shape index (κ2) is 6.59. The fraction of sp³-hybridized carbons (Fsp3) is 0.143. The van der Waals surface area contributed by atoms with Crippen LogP contribution in [-0.4, -0.2) is 17.4 Å². The van der Waals surface area contributed by atoms with Crippen LogP contribution in [0.2, 0.25) is 10.0 Å². The maximum absolute atomic E-state index is 12.0. The summed E-state index contributed by atoms with van der Waals surface area (Å²) in [4.78, 5) is 16.0. The molecule has 0 saturated carbocycles. The number of anilines is 1. The molecule has 1 aromatic heterocycles. The van der Waals surface area contributed by atoms with Gasteiger partial charge in [0.2, 0.25) is 0 Å². The van der Waals surface area contributed by atoms with Gasteiger partial charge >= 0.3 is 0 Å². The molecule has 0 fully saturated rings. The van der Waals surface area contributed by atoms with Crippen molar-refractivity contribution in [3.8, 4) is 0 Å². The van der Waals surface area contributed by atoms with Crippen molar-refractivity contribution in [1.82, 2.24) is 10.3 Å². The minimum atomic E-state index is -0.238. The number of carbonyl (C=O) groups excluding carboxylic acids is 1. The molecule has 0 unspecified atom stereocenters. The van der Waals surface area contributed by atoms with Crippen LogP contribution in [0.4, 0.5) is 5.69 Å². The molecular weight excluding hydrogens is 297 g/mol. The smallest absolute Gasteiger partial charge is 0.251 e. The number of nitrogens with one attached hydrogen (secondary N) is 1. The summed E-state index contributed by atoms with van der Waals surface area (Å²) in [7, 11) is 0. The van der Waals surface area contributed by atoms with E-state index in [2.05, 4.69) is 10.3 Å². The molecule has 0 aliphatic carbocycles. The van der Waals surface area contributed by atoms with E-state index in [1.165, 1.54) is 12.1 Å². The number of carbonyl (C=O) groups is 1. The fourth-order valence-electron chi connectivity index (χ4n) is 1.68. The van der Waals surface area contributed by atoms with Crippen LogP contribution in [0, 0.1) is 0 Å². The van der Waals surface area contributed by atoms with Crippen LogP contribution in [0.1, 0.15) is 15.9 Å². The van der Waals surface area contributed by atoms with Crippen molar-refractivity contribution >= 4 is 34.8 Å². The van der Waals surface area contributed by atoms with E-state index >= 15 is 0 Å². The number of amides is 1. The van der Waals surface area contributed by atoms with E-state index in [0.29, 0.717) is 18.5 Å². The Bertz CT molecular complexity index is 594. The molecule has 3 N–H and O–H groups in total. The van der Waals surface area contributed by atoms with Crippen molar-refractivity contribution < 1.29 is 4.79 Å². The molecule has 0 radical (unpaired) electrons. The largest absolute Gasteiger partial charge is 0.396 e. The van der Waals surface area contributed by atoms with Crippen LogP contribution in [0.3, 0.4) is 0 Å². The summed E-state index contributed by atoms with van der Waals surface area (Å²) in [5.41, 5.74) is 7.35. The van der Waals surface area contributed by atoms with Crippen molar-refractivity contribution in [3.63, 3.8) is 0 Å². The summed E-state index contributed by atoms with van der Waals surface area (Å²) in [5.74, 6) is -0.238. The first-order valence-electron chi connectivity index (χ1n) is 5.99. The Morgan fingerprint density at radius 1 is 1.30 bits per heavy atom. The van der Waals surface area contributed by atoms with Gasteiger partial charge in [-0.3, -0.25) is 9.78 Å². The summed E-state index contributed by atoms with van der Waals surface area (Å²) >= 11 is 11.8. The molecule has 1 heterocycles. The molecule has 6 heteroatoms. The number of rotatable bonds is 4. The molecule has 1 amide bonds. The van der Waals surface area contributed by atoms with Crippen LogP contribution >= 0.6 is 23.2 Å². The topological polar surface area (TPSA) is 68.0 Å². The number of aromatic nitrogens is 1. The van der Waals surface area contributed by atoms with E-state index in [1.807, 2.05) is 12.1 Å². The normalized spacial score (nSPS) is 10.3. The van der Waals surface area contributed by atoms with Crippen molar-refractivity contribution in [2.24, 2.45) is 0 Å². The van der Waals surface area contributed by atoms with E-state index in [1.54, 1.807) is 12.4 Å². The minimum absolute atomic E-state index is 0.238. The molecule has 0 saturated heterocycles. The lowest BCUT2D eigenvalue weighted by Gasteiger charge is -2.08. The second-order valence-corrected chi connectivity index (χ2v) is 5.04. The number of hydrogen-bond acceptors (Lipinski definition) is 3. The average Bonchev–Trinajstić information content (AvgIpc) is 2.45. The summed E-state index contributed by atoms with van der Waals surface area (Å²) in [5, 5.41) is 3.34. The zero-order valence-corrected chi connectivity index (χ0v) is 12.1. The molecule has 0 atom stereocenters. The van der Waals surface area contributed by atoms with Crippen molar-refractivity contribution in [2.75, 3.05) is 12.3 Å². The van der Waals surface area contributed by atoms with Gasteiger partial charge in [-0.2, -0.15) is 0 Å². The highest BCUT2D eigenvalue weighted by molar-refractivity contribution is 6.39. The molecule has 2 rings (SSSR count). The quantitative estimate of drug-likeness (QED) is 0.853. The summed E-state index contributed by atoms with van der Waals surface area (Å²) in [6.45, 7) is 0.504. The average molecular weight is 310 g/mol. The SMILES string of the molecule is Nc1c(Cl)cc(C(=O)NCCc2cccnc2)cc1Cl. The van der Waals surface area contributed by atoms with Gasteiger partial charge in [-0.1, -0.05) is 29.3 Å². The first-order valence-corrected chi connectivity index (χ1v) is 6.75. The third-order valence-electron chi connectivity index (χ3n) is 2.76. The van der Waals surface area contributed by atoms with Crippen molar-refractivity contribution in [3.05, 3.63) is 57.8 Å². The highest BCUT2D eigenvalue weighted by Crippen LogP contribution is 2.28. The molecule has 0 aliphatic heterocycles. The van der Waals surface area contributed by atoms with E-state index in [0.717, 1.165) is 5.56 Å². The first-order chi connectivity index (χ1) is 9.58. The van der Waals surface area contributed by atoms with Gasteiger partial charge in [-0.15, -0.1) is 0 Å². The Morgan fingerprint density at radius 2 is 2.00 bits per heavy atom. The molecular formula is C14H13Cl2N3O. The number of nitrogens with zero attached hydrogens (tertiary/aromatic N) is 1. The zero-order valence-electron chi connectivity index (χ0n) is 10.6. The van der Waals surface area contributed by atoms with Gasteiger partial charge < -0.3 is 11.1 Å². The molecule has 0 aliphatic rings. The van der Waals surface area contributed by atoms with Gasteiger partial charge in [0, 0.05) is 24.5 Å². The summed E-state index contributed by atoms with van der Waals surface area (Å²) in [6, 6.07) is 6.82. The van der Waals surface area contributed by atoms with Crippen LogP contribution < -0.4 is 11.1 Å². The summed E-state index contributed by atoms with van der Waals surface area (Å²) in [6.07, 6.45) is 4.18. The predicted octanol–water partition coefficient (Wildman–Crippen LogP) is 2.94. The minimum Gasteiger partial charge on any atom is -0.396 e. The van der Waals surface area contributed by atoms with Gasteiger partial charge in [0.05, 0.1) is 15.7 Å². The molecule has 104 valence electrons. The lowest BCUT2D eigenvalue weighted by Crippen LogP contribution is -2.25. The molecule has 2 aromatic rings.